The minimum Gasteiger partial charge on any atom is -0.370 e. The molecule has 4 heteroatoms. The van der Waals surface area contributed by atoms with Crippen molar-refractivity contribution >= 4 is 21.9 Å². The van der Waals surface area contributed by atoms with E-state index in [0.717, 1.165) is 4.47 Å². The Morgan fingerprint density at radius 1 is 1.50 bits per heavy atom. The predicted molar refractivity (Wildman–Crippen MR) is 63.2 cm³/mol. The monoisotopic (exact) mass is 255 g/mol. The van der Waals surface area contributed by atoms with E-state index in [4.69, 9.17) is 5.73 Å². The minimum atomic E-state index is 0.147. The molecule has 1 rings (SSSR count). The Morgan fingerprint density at radius 2 is 2.14 bits per heavy atom. The van der Waals surface area contributed by atoms with Gasteiger partial charge in [0.15, 0.2) is 5.96 Å². The van der Waals surface area contributed by atoms with E-state index in [9.17, 15) is 0 Å². The molecule has 14 heavy (non-hydrogen) atoms. The van der Waals surface area contributed by atoms with Gasteiger partial charge >= 0.3 is 0 Å². The van der Waals surface area contributed by atoms with Gasteiger partial charge in [-0.3, -0.25) is 4.99 Å². The Balaban J connectivity index is 2.79. The predicted octanol–water partition coefficient (Wildman–Crippen LogP) is 2.04. The van der Waals surface area contributed by atoms with Gasteiger partial charge in [0.1, 0.15) is 0 Å². The van der Waals surface area contributed by atoms with Gasteiger partial charge in [-0.2, -0.15) is 0 Å². The van der Waals surface area contributed by atoms with Crippen LogP contribution in [0.3, 0.4) is 0 Å². The zero-order valence-electron chi connectivity index (χ0n) is 8.29. The molecular weight excluding hydrogens is 242 g/mol. The number of benzene rings is 1. The highest BCUT2D eigenvalue weighted by Crippen LogP contribution is 2.22. The highest BCUT2D eigenvalue weighted by atomic mass is 79.9. The number of nitrogens with two attached hydrogens (primary N) is 1. The SMILES string of the molecule is CN=C(N)N[C@H](C)c1ccccc1Br. The molecular formula is C10H14BrN3. The van der Waals surface area contributed by atoms with Crippen molar-refractivity contribution in [3.05, 3.63) is 34.3 Å². The lowest BCUT2D eigenvalue weighted by Crippen LogP contribution is -2.33. The summed E-state index contributed by atoms with van der Waals surface area (Å²) in [6.45, 7) is 2.04. The zero-order chi connectivity index (χ0) is 10.6. The number of aliphatic imine (C=N–C) groups is 1. The Morgan fingerprint density at radius 3 is 2.71 bits per heavy atom. The quantitative estimate of drug-likeness (QED) is 0.628. The van der Waals surface area contributed by atoms with Crippen LogP contribution in [-0.4, -0.2) is 13.0 Å². The van der Waals surface area contributed by atoms with Gasteiger partial charge in [-0.25, -0.2) is 0 Å². The highest BCUT2D eigenvalue weighted by molar-refractivity contribution is 9.10. The minimum absolute atomic E-state index is 0.147. The molecule has 0 unspecified atom stereocenters. The maximum absolute atomic E-state index is 5.58. The topological polar surface area (TPSA) is 50.4 Å². The molecule has 0 bridgehead atoms. The molecule has 3 N–H and O–H groups in total. The fourth-order valence-corrected chi connectivity index (χ4v) is 1.82. The number of hydrogen-bond acceptors (Lipinski definition) is 1. The van der Waals surface area contributed by atoms with Gasteiger partial charge in [-0.15, -0.1) is 0 Å². The number of guanidine groups is 1. The van der Waals surface area contributed by atoms with Gasteiger partial charge in [-0.1, -0.05) is 34.1 Å². The molecule has 0 saturated carbocycles. The summed E-state index contributed by atoms with van der Waals surface area (Å²) in [5, 5.41) is 3.08. The summed E-state index contributed by atoms with van der Waals surface area (Å²) in [6.07, 6.45) is 0. The molecule has 0 saturated heterocycles. The van der Waals surface area contributed by atoms with Crippen molar-refractivity contribution in [1.29, 1.82) is 0 Å². The second-order valence-corrected chi connectivity index (χ2v) is 3.85. The second kappa shape index (κ2) is 5.00. The first-order valence-corrected chi connectivity index (χ1v) is 5.17. The molecule has 76 valence electrons. The van der Waals surface area contributed by atoms with Crippen LogP contribution in [0.5, 0.6) is 0 Å². The van der Waals surface area contributed by atoms with Crippen molar-refractivity contribution in [3.63, 3.8) is 0 Å². The van der Waals surface area contributed by atoms with Crippen LogP contribution in [0.15, 0.2) is 33.7 Å². The molecule has 0 aliphatic rings. The van der Waals surface area contributed by atoms with E-state index in [1.807, 2.05) is 31.2 Å². The molecule has 1 aromatic rings. The third-order valence-electron chi connectivity index (χ3n) is 1.98. The molecule has 3 nitrogen and oxygen atoms in total. The van der Waals surface area contributed by atoms with Crippen molar-refractivity contribution in [2.45, 2.75) is 13.0 Å². The Hall–Kier alpha value is -1.03. The van der Waals surface area contributed by atoms with Crippen molar-refractivity contribution in [2.75, 3.05) is 7.05 Å². The van der Waals surface area contributed by atoms with Crippen LogP contribution in [0.4, 0.5) is 0 Å². The third-order valence-corrected chi connectivity index (χ3v) is 2.70. The van der Waals surface area contributed by atoms with E-state index in [0.29, 0.717) is 5.96 Å². The summed E-state index contributed by atoms with van der Waals surface area (Å²) in [6, 6.07) is 8.18. The summed E-state index contributed by atoms with van der Waals surface area (Å²) in [7, 11) is 1.66. The molecule has 0 aromatic heterocycles. The van der Waals surface area contributed by atoms with Crippen LogP contribution >= 0.6 is 15.9 Å². The van der Waals surface area contributed by atoms with Gasteiger partial charge in [0.05, 0.1) is 6.04 Å². The summed E-state index contributed by atoms with van der Waals surface area (Å²) in [5.41, 5.74) is 6.75. The molecule has 0 spiro atoms. The number of nitrogens with one attached hydrogen (secondary N) is 1. The first-order valence-electron chi connectivity index (χ1n) is 4.38. The number of nitrogens with zero attached hydrogens (tertiary/aromatic N) is 1. The van der Waals surface area contributed by atoms with Gasteiger partial charge in [0.25, 0.3) is 0 Å². The van der Waals surface area contributed by atoms with E-state index in [1.54, 1.807) is 7.05 Å². The average Bonchev–Trinajstić information content (AvgIpc) is 2.18. The normalized spacial score (nSPS) is 13.8. The Kier molecular flexibility index (Phi) is 3.95. The standard InChI is InChI=1S/C10H14BrN3/c1-7(14-10(12)13-2)8-5-3-4-6-9(8)11/h3-7H,1-2H3,(H3,12,13,14)/t7-/m1/s1. The van der Waals surface area contributed by atoms with Gasteiger partial charge < -0.3 is 11.1 Å². The maximum Gasteiger partial charge on any atom is 0.188 e. The fraction of sp³-hybridized carbons (Fsp3) is 0.300. The Bertz CT molecular complexity index is 336. The molecule has 0 radical (unpaired) electrons. The lowest BCUT2D eigenvalue weighted by Gasteiger charge is -2.15. The molecule has 0 heterocycles. The molecule has 1 aromatic carbocycles. The lowest BCUT2D eigenvalue weighted by atomic mass is 10.1. The van der Waals surface area contributed by atoms with Crippen molar-refractivity contribution in [2.24, 2.45) is 10.7 Å². The smallest absolute Gasteiger partial charge is 0.188 e. The van der Waals surface area contributed by atoms with Crippen LogP contribution < -0.4 is 11.1 Å². The van der Waals surface area contributed by atoms with E-state index in [1.165, 1.54) is 5.56 Å². The van der Waals surface area contributed by atoms with Crippen LogP contribution in [0, 0.1) is 0 Å². The van der Waals surface area contributed by atoms with E-state index in [2.05, 4.69) is 26.2 Å². The van der Waals surface area contributed by atoms with Gasteiger partial charge in [0.2, 0.25) is 0 Å². The van der Waals surface area contributed by atoms with Gasteiger partial charge in [-0.05, 0) is 18.6 Å². The van der Waals surface area contributed by atoms with Crippen molar-refractivity contribution in [1.82, 2.24) is 5.32 Å². The van der Waals surface area contributed by atoms with Crippen molar-refractivity contribution in [3.8, 4) is 0 Å². The van der Waals surface area contributed by atoms with E-state index >= 15 is 0 Å². The number of rotatable bonds is 2. The van der Waals surface area contributed by atoms with Crippen molar-refractivity contribution < 1.29 is 0 Å². The fourth-order valence-electron chi connectivity index (χ4n) is 1.19. The first-order chi connectivity index (χ1) is 6.65. The number of halogens is 1. The third kappa shape index (κ3) is 2.73. The van der Waals surface area contributed by atoms with E-state index < -0.39 is 0 Å². The summed E-state index contributed by atoms with van der Waals surface area (Å²) < 4.78 is 1.07. The molecule has 0 fully saturated rings. The summed E-state index contributed by atoms with van der Waals surface area (Å²) in [5.74, 6) is 0.452. The van der Waals surface area contributed by atoms with Crippen LogP contribution in [0.25, 0.3) is 0 Å². The summed E-state index contributed by atoms with van der Waals surface area (Å²) in [4.78, 5) is 3.85. The van der Waals surface area contributed by atoms with Crippen LogP contribution in [0.2, 0.25) is 0 Å². The highest BCUT2D eigenvalue weighted by Gasteiger charge is 2.08. The molecule has 1 atom stereocenters. The molecule has 0 aliphatic carbocycles. The van der Waals surface area contributed by atoms with Crippen LogP contribution in [0.1, 0.15) is 18.5 Å². The van der Waals surface area contributed by atoms with Gasteiger partial charge in [0, 0.05) is 11.5 Å². The maximum atomic E-state index is 5.58. The lowest BCUT2D eigenvalue weighted by molar-refractivity contribution is 0.707. The van der Waals surface area contributed by atoms with Crippen LogP contribution in [-0.2, 0) is 0 Å². The second-order valence-electron chi connectivity index (χ2n) is 3.00. The average molecular weight is 256 g/mol. The van der Waals surface area contributed by atoms with E-state index in [-0.39, 0.29) is 6.04 Å². The molecule has 0 aliphatic heterocycles. The Labute approximate surface area is 92.5 Å². The first kappa shape index (κ1) is 11.0. The zero-order valence-corrected chi connectivity index (χ0v) is 9.88. The largest absolute Gasteiger partial charge is 0.370 e. The number of hydrogen-bond donors (Lipinski definition) is 2. The molecule has 0 amide bonds. The summed E-state index contributed by atoms with van der Waals surface area (Å²) >= 11 is 3.49.